The molecule has 3 amide bonds. The first-order valence-corrected chi connectivity index (χ1v) is 11.8. The third-order valence-electron chi connectivity index (χ3n) is 5.67. The Morgan fingerprint density at radius 1 is 0.974 bits per heavy atom. The number of carbonyl (C=O) groups is 2. The summed E-state index contributed by atoms with van der Waals surface area (Å²) in [6, 6.07) is 11.6. The number of piperidine rings is 1. The molecular formula is C26H26F3N5O4. The zero-order chi connectivity index (χ0) is 27.1. The first-order chi connectivity index (χ1) is 18.2. The minimum absolute atomic E-state index is 0.0829. The van der Waals surface area contributed by atoms with Crippen LogP contribution in [0.5, 0.6) is 17.2 Å². The van der Waals surface area contributed by atoms with Crippen molar-refractivity contribution in [2.75, 3.05) is 30.8 Å². The van der Waals surface area contributed by atoms with E-state index in [4.69, 9.17) is 9.47 Å². The smallest absolute Gasteiger partial charge is 0.416 e. The third-order valence-corrected chi connectivity index (χ3v) is 5.67. The molecule has 0 unspecified atom stereocenters. The number of hydrogen-bond donors (Lipinski definition) is 4. The largest absolute Gasteiger partial charge is 0.488 e. The van der Waals surface area contributed by atoms with Crippen molar-refractivity contribution in [3.05, 3.63) is 72.1 Å². The number of ether oxygens (including phenoxy) is 2. The number of alkyl halides is 3. The van der Waals surface area contributed by atoms with Gasteiger partial charge in [-0.25, -0.2) is 4.79 Å². The van der Waals surface area contributed by atoms with E-state index in [1.807, 2.05) is 0 Å². The number of urea groups is 1. The Kier molecular flexibility index (Phi) is 8.31. The normalized spacial score (nSPS) is 13.9. The maximum absolute atomic E-state index is 13.3. The number of nitrogens with zero attached hydrogens (tertiary/aromatic N) is 1. The van der Waals surface area contributed by atoms with Crippen LogP contribution < -0.4 is 30.7 Å². The van der Waals surface area contributed by atoms with Gasteiger partial charge in [-0.3, -0.25) is 9.78 Å². The van der Waals surface area contributed by atoms with Gasteiger partial charge in [-0.15, -0.1) is 0 Å². The van der Waals surface area contributed by atoms with Gasteiger partial charge in [0.05, 0.1) is 11.3 Å². The molecule has 0 bridgehead atoms. The van der Waals surface area contributed by atoms with Crippen LogP contribution in [-0.2, 0) is 6.18 Å². The van der Waals surface area contributed by atoms with Gasteiger partial charge in [0.1, 0.15) is 29.0 Å². The van der Waals surface area contributed by atoms with Crippen molar-refractivity contribution in [3.63, 3.8) is 0 Å². The van der Waals surface area contributed by atoms with Crippen LogP contribution in [0.15, 0.2) is 60.8 Å². The summed E-state index contributed by atoms with van der Waals surface area (Å²) >= 11 is 0. The van der Waals surface area contributed by atoms with E-state index in [-0.39, 0.29) is 29.1 Å². The van der Waals surface area contributed by atoms with Gasteiger partial charge in [0, 0.05) is 25.0 Å². The Labute approximate surface area is 216 Å². The second kappa shape index (κ2) is 11.8. The van der Waals surface area contributed by atoms with E-state index in [0.29, 0.717) is 30.0 Å². The highest BCUT2D eigenvalue weighted by Crippen LogP contribution is 2.36. The van der Waals surface area contributed by atoms with Crippen LogP contribution >= 0.6 is 0 Å². The van der Waals surface area contributed by atoms with Crippen molar-refractivity contribution in [1.82, 2.24) is 15.6 Å². The number of anilines is 2. The maximum Gasteiger partial charge on any atom is 0.416 e. The van der Waals surface area contributed by atoms with Crippen molar-refractivity contribution in [2.24, 2.45) is 0 Å². The summed E-state index contributed by atoms with van der Waals surface area (Å²) in [6.07, 6.45) is -1.90. The van der Waals surface area contributed by atoms with Gasteiger partial charge >= 0.3 is 12.2 Å². The van der Waals surface area contributed by atoms with Gasteiger partial charge in [0.25, 0.3) is 5.91 Å². The standard InChI is InChI=1S/C26H26F3N5O4/c1-30-24(35)22-15-20(10-13-32-22)37-18-5-3-17(4-6-18)33-25(36)34-21-14-16(26(27,28)29)2-7-23(21)38-19-8-11-31-12-9-19/h2-7,10,13-15,19,31H,8-9,11-12H2,1H3,(H,30,35)(H2,33,34,36). The van der Waals surface area contributed by atoms with Crippen LogP contribution in [0.1, 0.15) is 28.9 Å². The summed E-state index contributed by atoms with van der Waals surface area (Å²) in [4.78, 5) is 28.4. The molecule has 1 aromatic heterocycles. The molecule has 0 aliphatic carbocycles. The Bertz CT molecular complexity index is 1280. The summed E-state index contributed by atoms with van der Waals surface area (Å²) in [7, 11) is 1.49. The first kappa shape index (κ1) is 26.7. The summed E-state index contributed by atoms with van der Waals surface area (Å²) in [5.41, 5.74) is -0.412. The van der Waals surface area contributed by atoms with Crippen molar-refractivity contribution < 1.29 is 32.2 Å². The molecule has 3 aromatic rings. The predicted octanol–water partition coefficient (Wildman–Crippen LogP) is 5.03. The molecule has 0 atom stereocenters. The zero-order valence-electron chi connectivity index (χ0n) is 20.4. The molecule has 200 valence electrons. The molecule has 2 heterocycles. The van der Waals surface area contributed by atoms with Crippen molar-refractivity contribution in [1.29, 1.82) is 0 Å². The Morgan fingerprint density at radius 3 is 2.39 bits per heavy atom. The fourth-order valence-electron chi connectivity index (χ4n) is 3.75. The molecule has 1 saturated heterocycles. The number of benzene rings is 2. The van der Waals surface area contributed by atoms with E-state index < -0.39 is 17.8 Å². The molecule has 9 nitrogen and oxygen atoms in total. The molecule has 1 aliphatic rings. The topological polar surface area (TPSA) is 114 Å². The summed E-state index contributed by atoms with van der Waals surface area (Å²) in [6.45, 7) is 1.48. The van der Waals surface area contributed by atoms with Crippen molar-refractivity contribution >= 4 is 23.3 Å². The molecule has 1 fully saturated rings. The van der Waals surface area contributed by atoms with E-state index in [0.717, 1.165) is 25.2 Å². The van der Waals surface area contributed by atoms with E-state index >= 15 is 0 Å². The molecular weight excluding hydrogens is 503 g/mol. The summed E-state index contributed by atoms with van der Waals surface area (Å²) in [5.74, 6) is 0.631. The van der Waals surface area contributed by atoms with E-state index in [1.165, 1.54) is 25.4 Å². The van der Waals surface area contributed by atoms with Gasteiger partial charge in [-0.2, -0.15) is 13.2 Å². The van der Waals surface area contributed by atoms with E-state index in [2.05, 4.69) is 26.3 Å². The first-order valence-electron chi connectivity index (χ1n) is 11.8. The lowest BCUT2D eigenvalue weighted by Crippen LogP contribution is -2.34. The highest BCUT2D eigenvalue weighted by molar-refractivity contribution is 6.00. The van der Waals surface area contributed by atoms with Crippen LogP contribution in [0.4, 0.5) is 29.3 Å². The maximum atomic E-state index is 13.3. The Hall–Kier alpha value is -4.32. The number of carbonyl (C=O) groups excluding carboxylic acids is 2. The molecule has 2 aromatic carbocycles. The lowest BCUT2D eigenvalue weighted by atomic mass is 10.1. The van der Waals surface area contributed by atoms with Crippen molar-refractivity contribution in [3.8, 4) is 17.2 Å². The zero-order valence-corrected chi connectivity index (χ0v) is 20.4. The molecule has 0 radical (unpaired) electrons. The predicted molar refractivity (Wildman–Crippen MR) is 135 cm³/mol. The van der Waals surface area contributed by atoms with Crippen LogP contribution in [0.25, 0.3) is 0 Å². The average Bonchev–Trinajstić information content (AvgIpc) is 2.90. The molecule has 1 aliphatic heterocycles. The monoisotopic (exact) mass is 529 g/mol. The molecule has 4 N–H and O–H groups in total. The van der Waals surface area contributed by atoms with Crippen molar-refractivity contribution in [2.45, 2.75) is 25.1 Å². The number of pyridine rings is 1. The number of rotatable bonds is 7. The SMILES string of the molecule is CNC(=O)c1cc(Oc2ccc(NC(=O)Nc3cc(C(F)(F)F)ccc3OC3CCNCC3)cc2)ccn1. The fraction of sp³-hybridized carbons (Fsp3) is 0.269. The second-order valence-electron chi connectivity index (χ2n) is 8.44. The summed E-state index contributed by atoms with van der Waals surface area (Å²) < 4.78 is 51.5. The van der Waals surface area contributed by atoms with E-state index in [9.17, 15) is 22.8 Å². The number of aromatic nitrogens is 1. The number of nitrogens with one attached hydrogen (secondary N) is 4. The minimum atomic E-state index is -4.58. The van der Waals surface area contributed by atoms with Gasteiger partial charge in [-0.05, 0) is 74.5 Å². The van der Waals surface area contributed by atoms with Gasteiger partial charge in [-0.1, -0.05) is 0 Å². The van der Waals surface area contributed by atoms with Crippen LogP contribution in [0, 0.1) is 0 Å². The quantitative estimate of drug-likeness (QED) is 0.342. The molecule has 12 heteroatoms. The van der Waals surface area contributed by atoms with Gasteiger partial charge in [0.2, 0.25) is 0 Å². The minimum Gasteiger partial charge on any atom is -0.488 e. The second-order valence-corrected chi connectivity index (χ2v) is 8.44. The number of amides is 3. The number of hydrogen-bond acceptors (Lipinski definition) is 6. The Balaban J connectivity index is 1.42. The van der Waals surface area contributed by atoms with Crippen LogP contribution in [-0.4, -0.2) is 43.2 Å². The molecule has 38 heavy (non-hydrogen) atoms. The van der Waals surface area contributed by atoms with Gasteiger partial charge in [0.15, 0.2) is 0 Å². The Morgan fingerprint density at radius 2 is 1.71 bits per heavy atom. The molecule has 0 spiro atoms. The highest BCUT2D eigenvalue weighted by atomic mass is 19.4. The highest BCUT2D eigenvalue weighted by Gasteiger charge is 2.32. The van der Waals surface area contributed by atoms with E-state index in [1.54, 1.807) is 30.3 Å². The third kappa shape index (κ3) is 7.13. The lowest BCUT2D eigenvalue weighted by Gasteiger charge is -2.25. The van der Waals surface area contributed by atoms with Crippen LogP contribution in [0.2, 0.25) is 0 Å². The fourth-order valence-corrected chi connectivity index (χ4v) is 3.75. The molecule has 4 rings (SSSR count). The number of halogens is 3. The summed E-state index contributed by atoms with van der Waals surface area (Å²) in [5, 5.41) is 10.7. The average molecular weight is 530 g/mol. The van der Waals surface area contributed by atoms with Gasteiger partial charge < -0.3 is 30.7 Å². The molecule has 0 saturated carbocycles. The van der Waals surface area contributed by atoms with Crippen LogP contribution in [0.3, 0.4) is 0 Å². The lowest BCUT2D eigenvalue weighted by molar-refractivity contribution is -0.137.